The Hall–Kier alpha value is -1.39. The SMILES string of the molecule is C[N+]1(C)[C@H]2CC[C@@H]1[C@H](OC(=O)[C@](O)(c1ccccc1)C1CCCC1)C2. The molecule has 2 saturated heterocycles. The van der Waals surface area contributed by atoms with Gasteiger partial charge < -0.3 is 14.3 Å². The lowest BCUT2D eigenvalue weighted by Crippen LogP contribution is -2.49. The van der Waals surface area contributed by atoms with Crippen LogP contribution in [-0.4, -0.2) is 47.8 Å². The second kappa shape index (κ2) is 6.10. The molecule has 2 aliphatic heterocycles. The number of fused-ring (bicyclic) bond motifs is 2. The highest BCUT2D eigenvalue weighted by Gasteiger charge is 2.58. The van der Waals surface area contributed by atoms with Crippen LogP contribution in [0, 0.1) is 5.92 Å². The molecule has 2 heterocycles. The van der Waals surface area contributed by atoms with Gasteiger partial charge in [-0.15, -0.1) is 0 Å². The monoisotopic (exact) mass is 344 g/mol. The van der Waals surface area contributed by atoms with Crippen LogP contribution >= 0.6 is 0 Å². The number of quaternary nitrogens is 1. The fourth-order valence-electron chi connectivity index (χ4n) is 5.64. The Labute approximate surface area is 150 Å². The first kappa shape index (κ1) is 17.0. The summed E-state index contributed by atoms with van der Waals surface area (Å²) in [7, 11) is 4.49. The van der Waals surface area contributed by atoms with Crippen molar-refractivity contribution in [3.8, 4) is 0 Å². The molecule has 1 saturated carbocycles. The van der Waals surface area contributed by atoms with Crippen LogP contribution < -0.4 is 0 Å². The Morgan fingerprint density at radius 2 is 1.80 bits per heavy atom. The van der Waals surface area contributed by atoms with Gasteiger partial charge in [0.25, 0.3) is 0 Å². The molecule has 3 fully saturated rings. The molecule has 4 rings (SSSR count). The van der Waals surface area contributed by atoms with E-state index in [9.17, 15) is 9.90 Å². The summed E-state index contributed by atoms with van der Waals surface area (Å²) in [6, 6.07) is 10.4. The molecule has 4 atom stereocenters. The van der Waals surface area contributed by atoms with Crippen LogP contribution in [0.1, 0.15) is 50.5 Å². The van der Waals surface area contributed by atoms with Crippen molar-refractivity contribution in [1.82, 2.24) is 0 Å². The van der Waals surface area contributed by atoms with E-state index < -0.39 is 11.6 Å². The van der Waals surface area contributed by atoms with E-state index in [1.807, 2.05) is 30.3 Å². The maximum Gasteiger partial charge on any atom is 0.343 e. The van der Waals surface area contributed by atoms with E-state index in [0.29, 0.717) is 17.6 Å². The number of nitrogens with zero attached hydrogens (tertiary/aromatic N) is 1. The molecule has 3 aliphatic rings. The van der Waals surface area contributed by atoms with Gasteiger partial charge in [-0.1, -0.05) is 43.2 Å². The number of ether oxygens (including phenoxy) is 1. The van der Waals surface area contributed by atoms with Gasteiger partial charge in [-0.25, -0.2) is 4.79 Å². The summed E-state index contributed by atoms with van der Waals surface area (Å²) in [4.78, 5) is 13.2. The number of hydrogen-bond acceptors (Lipinski definition) is 3. The van der Waals surface area contributed by atoms with Gasteiger partial charge in [-0.2, -0.15) is 0 Å². The standard InChI is InChI=1S/C21H30NO3/c1-22(2)17-12-13-18(22)19(14-17)25-20(23)21(24,16-10-6-7-11-16)15-8-4-3-5-9-15/h3-5,8-9,16-19,24H,6-7,10-14H2,1-2H3/q+1/t17-,18+,19+,21-/m0/s1. The molecule has 0 aromatic heterocycles. The average molecular weight is 344 g/mol. The second-order valence-electron chi connectivity index (χ2n) is 8.72. The van der Waals surface area contributed by atoms with Gasteiger partial charge in [-0.3, -0.25) is 0 Å². The summed E-state index contributed by atoms with van der Waals surface area (Å²) in [5.74, 6) is -0.466. The van der Waals surface area contributed by atoms with Gasteiger partial charge >= 0.3 is 5.97 Å². The fourth-order valence-corrected chi connectivity index (χ4v) is 5.64. The number of likely N-dealkylation sites (N-methyl/N-ethyl adjacent to an activating group) is 1. The molecule has 0 radical (unpaired) electrons. The average Bonchev–Trinajstić information content (AvgIpc) is 3.30. The number of carbonyl (C=O) groups is 1. The Kier molecular flexibility index (Phi) is 4.16. The van der Waals surface area contributed by atoms with Crippen molar-refractivity contribution in [2.45, 2.75) is 68.7 Å². The third-order valence-electron chi connectivity index (χ3n) is 7.25. The van der Waals surface area contributed by atoms with Crippen molar-refractivity contribution >= 4 is 5.97 Å². The largest absolute Gasteiger partial charge is 0.453 e. The Morgan fingerprint density at radius 3 is 2.36 bits per heavy atom. The smallest absolute Gasteiger partial charge is 0.343 e. The topological polar surface area (TPSA) is 46.5 Å². The maximum atomic E-state index is 13.2. The molecule has 1 aromatic rings. The number of rotatable bonds is 4. The molecule has 4 nitrogen and oxygen atoms in total. The van der Waals surface area contributed by atoms with E-state index in [-0.39, 0.29) is 12.0 Å². The molecule has 1 aliphatic carbocycles. The molecule has 0 amide bonds. The van der Waals surface area contributed by atoms with E-state index in [2.05, 4.69) is 14.1 Å². The summed E-state index contributed by atoms with van der Waals surface area (Å²) in [6.07, 6.45) is 7.13. The molecule has 0 spiro atoms. The summed E-state index contributed by atoms with van der Waals surface area (Å²) in [5, 5.41) is 11.5. The van der Waals surface area contributed by atoms with Crippen molar-refractivity contribution < 1.29 is 19.1 Å². The van der Waals surface area contributed by atoms with Crippen LogP contribution in [0.5, 0.6) is 0 Å². The van der Waals surface area contributed by atoms with Crippen molar-refractivity contribution in [2.75, 3.05) is 14.1 Å². The van der Waals surface area contributed by atoms with Crippen LogP contribution in [0.15, 0.2) is 30.3 Å². The third kappa shape index (κ3) is 2.61. The predicted octanol–water partition coefficient (Wildman–Crippen LogP) is 2.99. The van der Waals surface area contributed by atoms with E-state index in [0.717, 1.165) is 43.0 Å². The van der Waals surface area contributed by atoms with Crippen molar-refractivity contribution in [1.29, 1.82) is 0 Å². The van der Waals surface area contributed by atoms with E-state index in [4.69, 9.17) is 4.74 Å². The summed E-state index contributed by atoms with van der Waals surface area (Å²) >= 11 is 0. The third-order valence-corrected chi connectivity index (χ3v) is 7.25. The minimum atomic E-state index is -1.50. The van der Waals surface area contributed by atoms with Crippen LogP contribution in [0.3, 0.4) is 0 Å². The molecule has 1 N–H and O–H groups in total. The van der Waals surface area contributed by atoms with Gasteiger partial charge in [0.1, 0.15) is 6.04 Å². The fraction of sp³-hybridized carbons (Fsp3) is 0.667. The van der Waals surface area contributed by atoms with Crippen LogP contribution in [0.25, 0.3) is 0 Å². The molecule has 136 valence electrons. The van der Waals surface area contributed by atoms with Gasteiger partial charge in [-0.05, 0) is 18.4 Å². The molecular weight excluding hydrogens is 314 g/mol. The summed E-state index contributed by atoms with van der Waals surface area (Å²) in [5.41, 5.74) is -0.819. The number of hydrogen-bond donors (Lipinski definition) is 1. The van der Waals surface area contributed by atoms with Crippen LogP contribution in [0.2, 0.25) is 0 Å². The first-order valence-corrected chi connectivity index (χ1v) is 9.76. The lowest BCUT2D eigenvalue weighted by molar-refractivity contribution is -0.913. The zero-order chi connectivity index (χ0) is 17.7. The molecule has 4 heteroatoms. The summed E-state index contributed by atoms with van der Waals surface area (Å²) in [6.45, 7) is 0. The molecule has 25 heavy (non-hydrogen) atoms. The van der Waals surface area contributed by atoms with Crippen LogP contribution in [-0.2, 0) is 15.1 Å². The molecular formula is C21H30NO3+. The highest BCUT2D eigenvalue weighted by molar-refractivity contribution is 5.82. The Morgan fingerprint density at radius 1 is 1.12 bits per heavy atom. The number of aliphatic hydroxyl groups is 1. The van der Waals surface area contributed by atoms with Crippen molar-refractivity contribution in [3.05, 3.63) is 35.9 Å². The summed E-state index contributed by atoms with van der Waals surface area (Å²) < 4.78 is 6.96. The molecule has 2 bridgehead atoms. The predicted molar refractivity (Wildman–Crippen MR) is 95.7 cm³/mol. The van der Waals surface area contributed by atoms with E-state index in [1.165, 1.54) is 6.42 Å². The number of carbonyl (C=O) groups excluding carboxylic acids is 1. The van der Waals surface area contributed by atoms with E-state index >= 15 is 0 Å². The first-order valence-electron chi connectivity index (χ1n) is 9.76. The Bertz CT molecular complexity index is 638. The maximum absolute atomic E-state index is 13.2. The number of benzene rings is 1. The van der Waals surface area contributed by atoms with Crippen LogP contribution in [0.4, 0.5) is 0 Å². The van der Waals surface area contributed by atoms with Gasteiger partial charge in [0.2, 0.25) is 0 Å². The molecule has 1 aromatic carbocycles. The molecule has 0 unspecified atom stereocenters. The second-order valence-corrected chi connectivity index (χ2v) is 8.72. The highest BCUT2D eigenvalue weighted by Crippen LogP contribution is 2.46. The minimum Gasteiger partial charge on any atom is -0.453 e. The lowest BCUT2D eigenvalue weighted by atomic mass is 9.80. The normalized spacial score (nSPS) is 33.3. The zero-order valence-electron chi connectivity index (χ0n) is 15.4. The Balaban J connectivity index is 1.59. The number of esters is 1. The van der Waals surface area contributed by atoms with Crippen molar-refractivity contribution in [2.24, 2.45) is 5.92 Å². The minimum absolute atomic E-state index is 0.0384. The zero-order valence-corrected chi connectivity index (χ0v) is 15.4. The quantitative estimate of drug-likeness (QED) is 0.675. The van der Waals surface area contributed by atoms with Gasteiger partial charge in [0.15, 0.2) is 11.7 Å². The first-order chi connectivity index (χ1) is 11.9. The van der Waals surface area contributed by atoms with Gasteiger partial charge in [0.05, 0.1) is 20.1 Å². The van der Waals surface area contributed by atoms with E-state index in [1.54, 1.807) is 0 Å². The highest BCUT2D eigenvalue weighted by atomic mass is 16.6. The lowest BCUT2D eigenvalue weighted by Gasteiger charge is -2.35. The van der Waals surface area contributed by atoms with Crippen molar-refractivity contribution in [3.63, 3.8) is 0 Å². The van der Waals surface area contributed by atoms with Gasteiger partial charge in [0, 0.05) is 25.2 Å².